The summed E-state index contributed by atoms with van der Waals surface area (Å²) in [5.41, 5.74) is 2.07. The molecule has 15 heavy (non-hydrogen) atoms. The molecule has 0 aliphatic rings. The van der Waals surface area contributed by atoms with Crippen molar-refractivity contribution in [2.75, 3.05) is 0 Å². The fourth-order valence-corrected chi connectivity index (χ4v) is 1.71. The molecule has 0 saturated carbocycles. The maximum Gasteiger partial charge on any atom is 0.0682 e. The fraction of sp³-hybridized carbons (Fsp3) is 0.231. The van der Waals surface area contributed by atoms with Crippen LogP contribution in [-0.2, 0) is 13.2 Å². The molecule has 0 fully saturated rings. The minimum absolute atomic E-state index is 0.0796. The van der Waals surface area contributed by atoms with E-state index in [1.165, 1.54) is 5.39 Å². The molecule has 76 valence electrons. The largest absolute Gasteiger partial charge is 0.392 e. The van der Waals surface area contributed by atoms with Crippen LogP contribution in [0, 0.1) is 12.3 Å². The standard InChI is InChI=1S/C13H13NO/c1-2-3-7-14-8-6-12-5-4-11(10-15)9-13(12)14/h1,4-6,8-9,15H,3,7,10H2. The second-order valence-electron chi connectivity index (χ2n) is 3.51. The van der Waals surface area contributed by atoms with Crippen molar-refractivity contribution in [1.29, 1.82) is 0 Å². The van der Waals surface area contributed by atoms with Gasteiger partial charge in [-0.2, -0.15) is 0 Å². The van der Waals surface area contributed by atoms with Crippen molar-refractivity contribution in [1.82, 2.24) is 4.57 Å². The van der Waals surface area contributed by atoms with E-state index in [9.17, 15) is 0 Å². The summed E-state index contributed by atoms with van der Waals surface area (Å²) < 4.78 is 2.12. The molecule has 0 aliphatic carbocycles. The summed E-state index contributed by atoms with van der Waals surface area (Å²) in [4.78, 5) is 0. The topological polar surface area (TPSA) is 25.2 Å². The Morgan fingerprint density at radius 3 is 2.93 bits per heavy atom. The van der Waals surface area contributed by atoms with Gasteiger partial charge >= 0.3 is 0 Å². The van der Waals surface area contributed by atoms with Crippen LogP contribution in [0.2, 0.25) is 0 Å². The predicted molar refractivity (Wildman–Crippen MR) is 61.3 cm³/mol. The van der Waals surface area contributed by atoms with E-state index in [4.69, 9.17) is 11.5 Å². The van der Waals surface area contributed by atoms with E-state index < -0.39 is 0 Å². The van der Waals surface area contributed by atoms with Gasteiger partial charge in [-0.1, -0.05) is 12.1 Å². The van der Waals surface area contributed by atoms with Gasteiger partial charge in [0.1, 0.15) is 0 Å². The molecule has 0 atom stereocenters. The Hall–Kier alpha value is -1.72. The fourth-order valence-electron chi connectivity index (χ4n) is 1.71. The third kappa shape index (κ3) is 1.88. The van der Waals surface area contributed by atoms with Crippen LogP contribution in [0.25, 0.3) is 10.9 Å². The first kappa shape index (κ1) is 9.82. The summed E-state index contributed by atoms with van der Waals surface area (Å²) in [6.07, 6.45) is 8.00. The van der Waals surface area contributed by atoms with Crippen LogP contribution in [0.15, 0.2) is 30.5 Å². The van der Waals surface area contributed by atoms with Crippen LogP contribution in [-0.4, -0.2) is 9.67 Å². The molecular formula is C13H13NO. The summed E-state index contributed by atoms with van der Waals surface area (Å²) in [5.74, 6) is 2.63. The summed E-state index contributed by atoms with van der Waals surface area (Å²) >= 11 is 0. The van der Waals surface area contributed by atoms with E-state index in [1.807, 2.05) is 24.4 Å². The molecule has 2 nitrogen and oxygen atoms in total. The lowest BCUT2D eigenvalue weighted by Gasteiger charge is -2.03. The summed E-state index contributed by atoms with van der Waals surface area (Å²) in [6.45, 7) is 0.908. The summed E-state index contributed by atoms with van der Waals surface area (Å²) in [5, 5.41) is 10.2. The SMILES string of the molecule is C#CCCn1ccc2ccc(CO)cc21. The molecule has 1 aromatic heterocycles. The zero-order valence-corrected chi connectivity index (χ0v) is 8.48. The van der Waals surface area contributed by atoms with Gasteiger partial charge < -0.3 is 9.67 Å². The van der Waals surface area contributed by atoms with Gasteiger partial charge in [0, 0.05) is 24.7 Å². The molecule has 0 spiro atoms. The third-order valence-electron chi connectivity index (χ3n) is 2.52. The van der Waals surface area contributed by atoms with Crippen LogP contribution in [0.4, 0.5) is 0 Å². The van der Waals surface area contributed by atoms with Crippen LogP contribution < -0.4 is 0 Å². The number of fused-ring (bicyclic) bond motifs is 1. The van der Waals surface area contributed by atoms with E-state index in [-0.39, 0.29) is 6.61 Å². The van der Waals surface area contributed by atoms with E-state index in [0.29, 0.717) is 0 Å². The number of aliphatic hydroxyl groups is 1. The normalized spacial score (nSPS) is 10.4. The van der Waals surface area contributed by atoms with Crippen molar-refractivity contribution in [2.24, 2.45) is 0 Å². The van der Waals surface area contributed by atoms with E-state index >= 15 is 0 Å². The zero-order valence-electron chi connectivity index (χ0n) is 8.48. The number of terminal acetylenes is 1. The number of aliphatic hydroxyl groups excluding tert-OH is 1. The van der Waals surface area contributed by atoms with Crippen molar-refractivity contribution in [3.05, 3.63) is 36.0 Å². The van der Waals surface area contributed by atoms with Crippen LogP contribution in [0.1, 0.15) is 12.0 Å². The molecule has 1 heterocycles. The molecule has 1 N–H and O–H groups in total. The lowest BCUT2D eigenvalue weighted by atomic mass is 10.2. The monoisotopic (exact) mass is 199 g/mol. The first-order chi connectivity index (χ1) is 7.35. The summed E-state index contributed by atoms with van der Waals surface area (Å²) in [7, 11) is 0. The Kier molecular flexibility index (Phi) is 2.75. The highest BCUT2D eigenvalue weighted by molar-refractivity contribution is 5.80. The van der Waals surface area contributed by atoms with E-state index in [2.05, 4.69) is 16.6 Å². The molecular weight excluding hydrogens is 186 g/mol. The van der Waals surface area contributed by atoms with Crippen molar-refractivity contribution in [3.63, 3.8) is 0 Å². The van der Waals surface area contributed by atoms with Crippen molar-refractivity contribution in [2.45, 2.75) is 19.6 Å². The first-order valence-corrected chi connectivity index (χ1v) is 4.97. The Morgan fingerprint density at radius 1 is 1.33 bits per heavy atom. The molecule has 1 aromatic carbocycles. The highest BCUT2D eigenvalue weighted by atomic mass is 16.3. The van der Waals surface area contributed by atoms with E-state index in [1.54, 1.807) is 0 Å². The maximum atomic E-state index is 9.06. The average molecular weight is 199 g/mol. The van der Waals surface area contributed by atoms with E-state index in [0.717, 1.165) is 24.0 Å². The third-order valence-corrected chi connectivity index (χ3v) is 2.52. The van der Waals surface area contributed by atoms with Crippen molar-refractivity contribution in [3.8, 4) is 12.3 Å². The van der Waals surface area contributed by atoms with Gasteiger partial charge in [0.25, 0.3) is 0 Å². The van der Waals surface area contributed by atoms with Gasteiger partial charge in [-0.15, -0.1) is 12.3 Å². The van der Waals surface area contributed by atoms with Gasteiger partial charge in [0.15, 0.2) is 0 Å². The lowest BCUT2D eigenvalue weighted by molar-refractivity contribution is 0.282. The molecule has 0 radical (unpaired) electrons. The van der Waals surface area contributed by atoms with Crippen LogP contribution >= 0.6 is 0 Å². The summed E-state index contributed by atoms with van der Waals surface area (Å²) in [6, 6.07) is 8.03. The van der Waals surface area contributed by atoms with Crippen LogP contribution in [0.3, 0.4) is 0 Å². The maximum absolute atomic E-state index is 9.06. The molecule has 0 saturated heterocycles. The van der Waals surface area contributed by atoms with Crippen molar-refractivity contribution >= 4 is 10.9 Å². The second-order valence-corrected chi connectivity index (χ2v) is 3.51. The Bertz CT molecular complexity index is 505. The number of aryl methyl sites for hydroxylation is 1. The number of nitrogens with zero attached hydrogens (tertiary/aromatic N) is 1. The quantitative estimate of drug-likeness (QED) is 0.753. The highest BCUT2D eigenvalue weighted by Crippen LogP contribution is 2.18. The lowest BCUT2D eigenvalue weighted by Crippen LogP contribution is -1.95. The molecule has 0 amide bonds. The van der Waals surface area contributed by atoms with Gasteiger partial charge in [0.05, 0.1) is 6.61 Å². The van der Waals surface area contributed by atoms with Crippen LogP contribution in [0.5, 0.6) is 0 Å². The number of hydrogen-bond donors (Lipinski definition) is 1. The minimum Gasteiger partial charge on any atom is -0.392 e. The molecule has 0 aliphatic heterocycles. The van der Waals surface area contributed by atoms with Gasteiger partial charge in [-0.05, 0) is 23.1 Å². The van der Waals surface area contributed by atoms with Crippen molar-refractivity contribution < 1.29 is 5.11 Å². The predicted octanol–water partition coefficient (Wildman–Crippen LogP) is 2.16. The Labute approximate surface area is 89.2 Å². The highest BCUT2D eigenvalue weighted by Gasteiger charge is 2.01. The average Bonchev–Trinajstić information content (AvgIpc) is 2.68. The molecule has 0 bridgehead atoms. The second kappa shape index (κ2) is 4.20. The molecule has 2 aromatic rings. The van der Waals surface area contributed by atoms with Gasteiger partial charge in [-0.3, -0.25) is 0 Å². The number of benzene rings is 1. The zero-order chi connectivity index (χ0) is 10.7. The molecule has 0 unspecified atom stereocenters. The Balaban J connectivity index is 2.43. The van der Waals surface area contributed by atoms with Gasteiger partial charge in [0.2, 0.25) is 0 Å². The Morgan fingerprint density at radius 2 is 2.20 bits per heavy atom. The number of rotatable bonds is 3. The first-order valence-electron chi connectivity index (χ1n) is 4.97. The minimum atomic E-state index is 0.0796. The molecule has 2 heteroatoms. The smallest absolute Gasteiger partial charge is 0.0682 e. The molecule has 2 rings (SSSR count). The number of hydrogen-bond acceptors (Lipinski definition) is 1. The van der Waals surface area contributed by atoms with Gasteiger partial charge in [-0.25, -0.2) is 0 Å². The number of aromatic nitrogens is 1.